The molecule has 2 aromatic rings. The zero-order valence-electron chi connectivity index (χ0n) is 20.2. The molecule has 0 N–H and O–H groups in total. The number of hydrogen-bond acceptors (Lipinski definition) is 7. The van der Waals surface area contributed by atoms with Crippen LogP contribution in [0.15, 0.2) is 30.3 Å². The number of benzene rings is 1. The van der Waals surface area contributed by atoms with Gasteiger partial charge in [0.1, 0.15) is 5.82 Å². The van der Waals surface area contributed by atoms with Gasteiger partial charge in [0.15, 0.2) is 5.78 Å². The van der Waals surface area contributed by atoms with E-state index in [0.29, 0.717) is 22.5 Å². The number of ketones is 1. The number of aromatic nitrogens is 2. The summed E-state index contributed by atoms with van der Waals surface area (Å²) in [6, 6.07) is 5.62. The second kappa shape index (κ2) is 11.3. The van der Waals surface area contributed by atoms with Gasteiger partial charge in [-0.05, 0) is 48.3 Å². The highest BCUT2D eigenvalue weighted by molar-refractivity contribution is 7.92. The summed E-state index contributed by atoms with van der Waals surface area (Å²) >= 11 is 0. The van der Waals surface area contributed by atoms with Gasteiger partial charge in [-0.3, -0.25) is 9.59 Å². The zero-order valence-corrected chi connectivity index (χ0v) is 21.0. The Morgan fingerprint density at radius 3 is 2.26 bits per heavy atom. The van der Waals surface area contributed by atoms with Crippen molar-refractivity contribution in [1.29, 1.82) is 0 Å². The summed E-state index contributed by atoms with van der Waals surface area (Å²) in [5.41, 5.74) is 1.98. The Morgan fingerprint density at radius 2 is 1.74 bits per heavy atom. The van der Waals surface area contributed by atoms with Crippen LogP contribution in [0, 0.1) is 11.7 Å². The summed E-state index contributed by atoms with van der Waals surface area (Å²) in [4.78, 5) is 32.9. The van der Waals surface area contributed by atoms with Gasteiger partial charge in [0.05, 0.1) is 24.8 Å². The highest BCUT2D eigenvalue weighted by Gasteiger charge is 2.22. The van der Waals surface area contributed by atoms with E-state index < -0.39 is 15.8 Å². The van der Waals surface area contributed by atoms with Gasteiger partial charge in [0.2, 0.25) is 16.0 Å². The standard InChI is InChI=1S/C24H30FN3O5S/c1-15(2)22-20(12-11-19(29)13-16(3)14-21(30)33-5)23(17-7-9-18(25)10-8-17)27-24(26-22)28(4)34(6,31)32/h7-12,15-16H,13-14H2,1-6H3/b12-11+/t16-/m1/s1. The van der Waals surface area contributed by atoms with Gasteiger partial charge in [-0.1, -0.05) is 20.8 Å². The van der Waals surface area contributed by atoms with E-state index >= 15 is 0 Å². The third-order valence-electron chi connectivity index (χ3n) is 5.14. The molecule has 0 aliphatic heterocycles. The predicted molar refractivity (Wildman–Crippen MR) is 129 cm³/mol. The molecule has 0 aliphatic rings. The quantitative estimate of drug-likeness (QED) is 0.366. The van der Waals surface area contributed by atoms with Crippen molar-refractivity contribution in [3.63, 3.8) is 0 Å². The average molecular weight is 492 g/mol. The molecule has 34 heavy (non-hydrogen) atoms. The fourth-order valence-electron chi connectivity index (χ4n) is 3.22. The highest BCUT2D eigenvalue weighted by Crippen LogP contribution is 2.31. The fraction of sp³-hybridized carbons (Fsp3) is 0.417. The average Bonchev–Trinajstić information content (AvgIpc) is 2.76. The molecular weight excluding hydrogens is 461 g/mol. The summed E-state index contributed by atoms with van der Waals surface area (Å²) in [6.45, 7) is 5.56. The molecule has 0 bridgehead atoms. The van der Waals surface area contributed by atoms with Crippen LogP contribution in [0.1, 0.15) is 50.8 Å². The van der Waals surface area contributed by atoms with Crippen molar-refractivity contribution in [2.75, 3.05) is 24.7 Å². The third kappa shape index (κ3) is 7.18. The Kier molecular flexibility index (Phi) is 9.03. The maximum atomic E-state index is 13.6. The number of methoxy groups -OCH3 is 1. The van der Waals surface area contributed by atoms with E-state index in [-0.39, 0.29) is 42.4 Å². The van der Waals surface area contributed by atoms with Crippen LogP contribution in [-0.2, 0) is 24.3 Å². The minimum Gasteiger partial charge on any atom is -0.469 e. The van der Waals surface area contributed by atoms with Crippen LogP contribution < -0.4 is 4.31 Å². The van der Waals surface area contributed by atoms with Crippen molar-refractivity contribution >= 4 is 33.8 Å². The molecule has 1 aromatic heterocycles. The molecule has 184 valence electrons. The summed E-state index contributed by atoms with van der Waals surface area (Å²) in [5, 5.41) is 0. The number of rotatable bonds is 10. The second-order valence-electron chi connectivity index (χ2n) is 8.45. The van der Waals surface area contributed by atoms with Crippen LogP contribution in [0.5, 0.6) is 0 Å². The molecule has 2 rings (SSSR count). The van der Waals surface area contributed by atoms with E-state index in [1.807, 2.05) is 13.8 Å². The monoisotopic (exact) mass is 491 g/mol. The van der Waals surface area contributed by atoms with E-state index in [4.69, 9.17) is 0 Å². The number of anilines is 1. The highest BCUT2D eigenvalue weighted by atomic mass is 32.2. The molecule has 1 aromatic carbocycles. The summed E-state index contributed by atoms with van der Waals surface area (Å²) in [6.07, 6.45) is 4.30. The molecule has 0 saturated heterocycles. The van der Waals surface area contributed by atoms with Gasteiger partial charge in [0, 0.05) is 31.0 Å². The molecule has 0 fully saturated rings. The molecule has 0 unspecified atom stereocenters. The van der Waals surface area contributed by atoms with Crippen LogP contribution in [0.3, 0.4) is 0 Å². The first-order valence-electron chi connectivity index (χ1n) is 10.7. The minimum atomic E-state index is -3.63. The summed E-state index contributed by atoms with van der Waals surface area (Å²) in [7, 11) is -0.980. The molecule has 1 atom stereocenters. The first-order chi connectivity index (χ1) is 15.8. The number of ether oxygens (including phenoxy) is 1. The summed E-state index contributed by atoms with van der Waals surface area (Å²) < 4.78 is 43.4. The SMILES string of the molecule is COC(=O)C[C@H](C)CC(=O)/C=C/c1c(-c2ccc(F)cc2)nc(N(C)S(C)(=O)=O)nc1C(C)C. The molecule has 1 heterocycles. The first kappa shape index (κ1) is 27.1. The van der Waals surface area contributed by atoms with E-state index in [1.54, 1.807) is 13.0 Å². The number of halogens is 1. The van der Waals surface area contributed by atoms with Crippen molar-refractivity contribution in [1.82, 2.24) is 9.97 Å². The molecule has 0 spiro atoms. The number of nitrogens with zero attached hydrogens (tertiary/aromatic N) is 3. The molecule has 0 saturated carbocycles. The summed E-state index contributed by atoms with van der Waals surface area (Å²) in [5.74, 6) is -1.38. The minimum absolute atomic E-state index is 0.0271. The lowest BCUT2D eigenvalue weighted by Crippen LogP contribution is -2.27. The topological polar surface area (TPSA) is 107 Å². The molecule has 0 amide bonds. The fourth-order valence-corrected chi connectivity index (χ4v) is 3.60. The number of sulfonamides is 1. The van der Waals surface area contributed by atoms with E-state index in [9.17, 15) is 22.4 Å². The van der Waals surface area contributed by atoms with Crippen molar-refractivity contribution in [3.8, 4) is 11.3 Å². The van der Waals surface area contributed by atoms with Crippen molar-refractivity contribution < 1.29 is 27.1 Å². The van der Waals surface area contributed by atoms with Crippen LogP contribution in [-0.4, -0.2) is 50.6 Å². The Balaban J connectivity index is 2.58. The predicted octanol–water partition coefficient (Wildman–Crippen LogP) is 3.97. The number of allylic oxidation sites excluding steroid dienone is 1. The number of esters is 1. The maximum Gasteiger partial charge on any atom is 0.305 e. The van der Waals surface area contributed by atoms with Crippen molar-refractivity contribution in [2.24, 2.45) is 5.92 Å². The Bertz CT molecular complexity index is 1180. The first-order valence-corrected chi connectivity index (χ1v) is 12.6. The molecular formula is C24H30FN3O5S. The van der Waals surface area contributed by atoms with Crippen molar-refractivity contribution in [2.45, 2.75) is 39.5 Å². The Labute approximate surface area is 199 Å². The van der Waals surface area contributed by atoms with Gasteiger partial charge in [-0.15, -0.1) is 0 Å². The Morgan fingerprint density at radius 1 is 1.12 bits per heavy atom. The van der Waals surface area contributed by atoms with Gasteiger partial charge in [-0.2, -0.15) is 0 Å². The van der Waals surface area contributed by atoms with E-state index in [0.717, 1.165) is 10.6 Å². The van der Waals surface area contributed by atoms with Gasteiger partial charge >= 0.3 is 5.97 Å². The lowest BCUT2D eigenvalue weighted by molar-refractivity contribution is -0.141. The number of carbonyl (C=O) groups excluding carboxylic acids is 2. The lowest BCUT2D eigenvalue weighted by atomic mass is 9.96. The van der Waals surface area contributed by atoms with Gasteiger partial charge in [0.25, 0.3) is 0 Å². The van der Waals surface area contributed by atoms with Crippen LogP contribution in [0.2, 0.25) is 0 Å². The van der Waals surface area contributed by atoms with Crippen LogP contribution in [0.25, 0.3) is 17.3 Å². The number of hydrogen-bond donors (Lipinski definition) is 0. The lowest BCUT2D eigenvalue weighted by Gasteiger charge is -2.20. The normalized spacial score (nSPS) is 12.7. The molecule has 8 nitrogen and oxygen atoms in total. The third-order valence-corrected chi connectivity index (χ3v) is 6.29. The molecule has 10 heteroatoms. The maximum absolute atomic E-state index is 13.6. The van der Waals surface area contributed by atoms with Gasteiger partial charge < -0.3 is 4.74 Å². The molecule has 0 radical (unpaired) electrons. The van der Waals surface area contributed by atoms with Gasteiger partial charge in [-0.25, -0.2) is 27.1 Å². The molecule has 0 aliphatic carbocycles. The number of carbonyl (C=O) groups is 2. The van der Waals surface area contributed by atoms with E-state index in [2.05, 4.69) is 14.7 Å². The second-order valence-corrected chi connectivity index (χ2v) is 10.5. The van der Waals surface area contributed by atoms with Crippen molar-refractivity contribution in [3.05, 3.63) is 47.4 Å². The smallest absolute Gasteiger partial charge is 0.305 e. The Hall–Kier alpha value is -3.14. The zero-order chi connectivity index (χ0) is 25.6. The largest absolute Gasteiger partial charge is 0.469 e. The van der Waals surface area contributed by atoms with Crippen LogP contribution in [0.4, 0.5) is 10.3 Å². The van der Waals surface area contributed by atoms with E-state index in [1.165, 1.54) is 44.5 Å². The van der Waals surface area contributed by atoms with Crippen LogP contribution >= 0.6 is 0 Å².